The highest BCUT2D eigenvalue weighted by Gasteiger charge is 2.35. The van der Waals surface area contributed by atoms with Crippen molar-refractivity contribution in [2.24, 2.45) is 0 Å². The van der Waals surface area contributed by atoms with Gasteiger partial charge in [-0.1, -0.05) is 11.6 Å². The van der Waals surface area contributed by atoms with E-state index in [2.05, 4.69) is 5.32 Å². The number of hydrogen-bond acceptors (Lipinski definition) is 4. The van der Waals surface area contributed by atoms with Crippen LogP contribution in [0.2, 0.25) is 5.02 Å². The van der Waals surface area contributed by atoms with Crippen LogP contribution in [-0.4, -0.2) is 46.9 Å². The van der Waals surface area contributed by atoms with E-state index in [1.807, 2.05) is 0 Å². The highest BCUT2D eigenvalue weighted by Crippen LogP contribution is 2.22. The summed E-state index contributed by atoms with van der Waals surface area (Å²) in [6, 6.07) is 3.36. The number of piperazine rings is 1. The Kier molecular flexibility index (Phi) is 4.32. The smallest absolute Gasteiger partial charge is 0.305 e. The van der Waals surface area contributed by atoms with Crippen molar-refractivity contribution in [3.63, 3.8) is 0 Å². The van der Waals surface area contributed by atoms with E-state index in [-0.39, 0.29) is 24.3 Å². The van der Waals surface area contributed by atoms with Gasteiger partial charge >= 0.3 is 5.97 Å². The maximum Gasteiger partial charge on any atom is 0.305 e. The van der Waals surface area contributed by atoms with Crippen molar-refractivity contribution in [1.29, 1.82) is 0 Å². The molecule has 0 spiro atoms. The van der Waals surface area contributed by atoms with Gasteiger partial charge in [-0.25, -0.2) is 0 Å². The molecule has 0 saturated carbocycles. The molecule has 7 nitrogen and oxygen atoms in total. The van der Waals surface area contributed by atoms with Gasteiger partial charge in [0.15, 0.2) is 0 Å². The molecule has 2 rings (SSSR count). The van der Waals surface area contributed by atoms with Crippen LogP contribution < -0.4 is 11.1 Å². The molecule has 1 atom stereocenters. The fourth-order valence-corrected chi connectivity index (χ4v) is 2.29. The predicted octanol–water partition coefficient (Wildman–Crippen LogP) is 0.338. The van der Waals surface area contributed by atoms with Crippen LogP contribution in [0.15, 0.2) is 18.2 Å². The van der Waals surface area contributed by atoms with Crippen molar-refractivity contribution in [2.45, 2.75) is 12.5 Å². The molecule has 1 aromatic carbocycles. The molecule has 1 unspecified atom stereocenters. The third-order valence-corrected chi connectivity index (χ3v) is 3.55. The van der Waals surface area contributed by atoms with Gasteiger partial charge in [0.1, 0.15) is 6.04 Å². The molecule has 0 radical (unpaired) electrons. The molecule has 1 heterocycles. The van der Waals surface area contributed by atoms with Crippen LogP contribution in [0.5, 0.6) is 0 Å². The zero-order chi connectivity index (χ0) is 15.6. The van der Waals surface area contributed by atoms with E-state index in [4.69, 9.17) is 22.4 Å². The van der Waals surface area contributed by atoms with Gasteiger partial charge in [0.25, 0.3) is 5.91 Å². The van der Waals surface area contributed by atoms with E-state index in [0.717, 1.165) is 0 Å². The number of nitrogens with two attached hydrogens (primary N) is 1. The molecule has 1 aromatic rings. The van der Waals surface area contributed by atoms with Crippen molar-refractivity contribution in [3.05, 3.63) is 28.8 Å². The molecular formula is C13H14ClN3O4. The Bertz CT molecular complexity index is 605. The first-order valence-corrected chi connectivity index (χ1v) is 6.63. The fraction of sp³-hybridized carbons (Fsp3) is 0.308. The summed E-state index contributed by atoms with van der Waals surface area (Å²) in [4.78, 5) is 36.3. The second-order valence-electron chi connectivity index (χ2n) is 4.64. The van der Waals surface area contributed by atoms with Gasteiger partial charge in [-0.15, -0.1) is 0 Å². The van der Waals surface area contributed by atoms with Crippen molar-refractivity contribution in [1.82, 2.24) is 10.2 Å². The van der Waals surface area contributed by atoms with Crippen molar-refractivity contribution >= 4 is 35.1 Å². The molecule has 1 fully saturated rings. The van der Waals surface area contributed by atoms with E-state index < -0.39 is 30.2 Å². The molecule has 0 aliphatic carbocycles. The van der Waals surface area contributed by atoms with Crippen LogP contribution in [0.1, 0.15) is 16.8 Å². The van der Waals surface area contributed by atoms with Crippen LogP contribution in [-0.2, 0) is 9.59 Å². The van der Waals surface area contributed by atoms with Gasteiger partial charge in [0.05, 0.1) is 17.1 Å². The summed E-state index contributed by atoms with van der Waals surface area (Å²) in [7, 11) is 0. The minimum absolute atomic E-state index is 0.241. The average molecular weight is 312 g/mol. The number of hydrogen-bond donors (Lipinski definition) is 3. The lowest BCUT2D eigenvalue weighted by molar-refractivity contribution is -0.142. The third kappa shape index (κ3) is 3.25. The topological polar surface area (TPSA) is 113 Å². The lowest BCUT2D eigenvalue weighted by Gasteiger charge is -2.34. The van der Waals surface area contributed by atoms with E-state index in [9.17, 15) is 14.4 Å². The average Bonchev–Trinajstić information content (AvgIpc) is 2.43. The van der Waals surface area contributed by atoms with Crippen LogP contribution in [0.3, 0.4) is 0 Å². The highest BCUT2D eigenvalue weighted by molar-refractivity contribution is 6.33. The second kappa shape index (κ2) is 6.01. The lowest BCUT2D eigenvalue weighted by atomic mass is 10.1. The molecule has 21 heavy (non-hydrogen) atoms. The van der Waals surface area contributed by atoms with Gasteiger partial charge in [-0.05, 0) is 18.2 Å². The number of carbonyl (C=O) groups excluding carboxylic acids is 2. The number of amides is 2. The van der Waals surface area contributed by atoms with Crippen LogP contribution in [0.25, 0.3) is 0 Å². The van der Waals surface area contributed by atoms with Crippen molar-refractivity contribution in [3.8, 4) is 0 Å². The quantitative estimate of drug-likeness (QED) is 0.697. The number of carbonyl (C=O) groups is 3. The minimum atomic E-state index is -1.15. The zero-order valence-electron chi connectivity index (χ0n) is 11.0. The fourth-order valence-electron chi connectivity index (χ4n) is 2.17. The van der Waals surface area contributed by atoms with Crippen LogP contribution in [0, 0.1) is 0 Å². The molecule has 2 amide bonds. The van der Waals surface area contributed by atoms with E-state index in [1.54, 1.807) is 0 Å². The number of rotatable bonds is 3. The van der Waals surface area contributed by atoms with E-state index >= 15 is 0 Å². The summed E-state index contributed by atoms with van der Waals surface area (Å²) in [6.07, 6.45) is -0.444. The molecule has 1 saturated heterocycles. The van der Waals surface area contributed by atoms with Gasteiger partial charge in [-0.3, -0.25) is 14.4 Å². The van der Waals surface area contributed by atoms with Crippen LogP contribution >= 0.6 is 11.6 Å². The second-order valence-corrected chi connectivity index (χ2v) is 5.05. The Hall–Kier alpha value is -2.28. The monoisotopic (exact) mass is 311 g/mol. The molecular weight excluding hydrogens is 298 g/mol. The molecule has 4 N–H and O–H groups in total. The summed E-state index contributed by atoms with van der Waals surface area (Å²) in [6.45, 7) is 0.523. The number of nitrogens with one attached hydrogen (secondary N) is 1. The first-order chi connectivity index (χ1) is 9.90. The number of benzene rings is 1. The first kappa shape index (κ1) is 15.1. The largest absolute Gasteiger partial charge is 0.481 e. The number of anilines is 1. The molecule has 112 valence electrons. The number of nitrogen functional groups attached to an aromatic ring is 1. The molecule has 8 heteroatoms. The Morgan fingerprint density at radius 1 is 1.48 bits per heavy atom. The van der Waals surface area contributed by atoms with E-state index in [0.29, 0.717) is 5.02 Å². The molecule has 0 aromatic heterocycles. The van der Waals surface area contributed by atoms with Gasteiger partial charge < -0.3 is 21.1 Å². The standard InChI is InChI=1S/C13H14ClN3O4/c14-8-2-1-7(5-9(8)15)13(21)17-4-3-16-12(20)10(17)6-11(18)19/h1-2,5,10H,3-4,6,15H2,(H,16,20)(H,18,19). The van der Waals surface area contributed by atoms with Gasteiger partial charge in [-0.2, -0.15) is 0 Å². The number of carboxylic acid groups (broad SMARTS) is 1. The highest BCUT2D eigenvalue weighted by atomic mass is 35.5. The summed E-state index contributed by atoms with van der Waals surface area (Å²) in [5, 5.41) is 11.8. The summed E-state index contributed by atoms with van der Waals surface area (Å²) in [5.74, 6) is -2.07. The number of aliphatic carboxylic acids is 1. The molecule has 1 aliphatic rings. The molecule has 0 bridgehead atoms. The Balaban J connectivity index is 2.27. The number of nitrogens with zero attached hydrogens (tertiary/aromatic N) is 1. The van der Waals surface area contributed by atoms with Gasteiger partial charge in [0.2, 0.25) is 5.91 Å². The Morgan fingerprint density at radius 2 is 2.19 bits per heavy atom. The summed E-state index contributed by atoms with van der Waals surface area (Å²) >= 11 is 5.80. The normalized spacial score (nSPS) is 18.2. The summed E-state index contributed by atoms with van der Waals surface area (Å²) in [5.41, 5.74) is 6.17. The maximum absolute atomic E-state index is 12.5. The Labute approximate surface area is 125 Å². The number of carboxylic acids is 1. The zero-order valence-corrected chi connectivity index (χ0v) is 11.8. The van der Waals surface area contributed by atoms with Crippen LogP contribution in [0.4, 0.5) is 5.69 Å². The predicted molar refractivity (Wildman–Crippen MR) is 76.0 cm³/mol. The van der Waals surface area contributed by atoms with Crippen molar-refractivity contribution in [2.75, 3.05) is 18.8 Å². The third-order valence-electron chi connectivity index (χ3n) is 3.20. The lowest BCUT2D eigenvalue weighted by Crippen LogP contribution is -2.57. The number of halogens is 1. The van der Waals surface area contributed by atoms with Gasteiger partial charge in [0, 0.05) is 18.7 Å². The summed E-state index contributed by atoms with van der Waals surface area (Å²) < 4.78 is 0. The minimum Gasteiger partial charge on any atom is -0.481 e. The molecule has 1 aliphatic heterocycles. The van der Waals surface area contributed by atoms with E-state index in [1.165, 1.54) is 23.1 Å². The Morgan fingerprint density at radius 3 is 2.81 bits per heavy atom. The van der Waals surface area contributed by atoms with Crippen molar-refractivity contribution < 1.29 is 19.5 Å². The SMILES string of the molecule is Nc1cc(C(=O)N2CCNC(=O)C2CC(=O)O)ccc1Cl. The maximum atomic E-state index is 12.5. The first-order valence-electron chi connectivity index (χ1n) is 6.25.